The molecule has 0 spiro atoms. The Morgan fingerprint density at radius 3 is 2.12 bits per heavy atom. The number of hydrogen-bond donors (Lipinski definition) is 0. The van der Waals surface area contributed by atoms with Gasteiger partial charge in [0.15, 0.2) is 6.29 Å². The first-order chi connectivity index (χ1) is 11.8. The zero-order valence-electron chi connectivity index (χ0n) is 15.5. The Bertz CT molecular complexity index is 465. The van der Waals surface area contributed by atoms with Gasteiger partial charge in [-0.3, -0.25) is 0 Å². The third-order valence-electron chi connectivity index (χ3n) is 6.11. The van der Waals surface area contributed by atoms with Gasteiger partial charge < -0.3 is 9.47 Å². The van der Waals surface area contributed by atoms with E-state index in [2.05, 4.69) is 38.1 Å². The molecule has 2 aliphatic rings. The van der Waals surface area contributed by atoms with E-state index in [9.17, 15) is 0 Å². The zero-order chi connectivity index (χ0) is 16.8. The highest BCUT2D eigenvalue weighted by atomic mass is 16.7. The summed E-state index contributed by atoms with van der Waals surface area (Å²) in [5.41, 5.74) is 2.53. The molecule has 0 N–H and O–H groups in total. The van der Waals surface area contributed by atoms with E-state index in [-0.39, 0.29) is 6.29 Å². The lowest BCUT2D eigenvalue weighted by atomic mass is 9.75. The summed E-state index contributed by atoms with van der Waals surface area (Å²) < 4.78 is 12.1. The maximum atomic E-state index is 6.07. The lowest BCUT2D eigenvalue weighted by molar-refractivity contribution is -0.214. The molecule has 24 heavy (non-hydrogen) atoms. The molecule has 0 amide bonds. The van der Waals surface area contributed by atoms with Crippen molar-refractivity contribution < 1.29 is 9.47 Å². The third-order valence-corrected chi connectivity index (χ3v) is 6.11. The fourth-order valence-corrected chi connectivity index (χ4v) is 4.33. The van der Waals surface area contributed by atoms with Crippen molar-refractivity contribution in [2.24, 2.45) is 17.8 Å². The molecule has 1 aliphatic carbocycles. The summed E-state index contributed by atoms with van der Waals surface area (Å²) in [5, 5.41) is 0. The summed E-state index contributed by atoms with van der Waals surface area (Å²) in [7, 11) is 0. The van der Waals surface area contributed by atoms with Crippen LogP contribution in [0.15, 0.2) is 24.3 Å². The van der Waals surface area contributed by atoms with E-state index >= 15 is 0 Å². The highest BCUT2D eigenvalue weighted by Gasteiger charge is 2.32. The van der Waals surface area contributed by atoms with Crippen LogP contribution >= 0.6 is 0 Å². The number of aryl methyl sites for hydroxylation is 1. The van der Waals surface area contributed by atoms with Crippen LogP contribution in [0.2, 0.25) is 0 Å². The SMILES string of the molecule is CCCCC1CCC(C2COC(c3ccc(CC)cc3)OC2)CC1. The molecule has 3 rings (SSSR count). The minimum Gasteiger partial charge on any atom is -0.348 e. The first-order valence-electron chi connectivity index (χ1n) is 10.1. The van der Waals surface area contributed by atoms with E-state index in [1.54, 1.807) is 0 Å². The maximum absolute atomic E-state index is 6.07. The quantitative estimate of drug-likeness (QED) is 0.646. The van der Waals surface area contributed by atoms with Crippen molar-refractivity contribution in [2.75, 3.05) is 13.2 Å². The maximum Gasteiger partial charge on any atom is 0.183 e. The number of hydrogen-bond acceptors (Lipinski definition) is 2. The molecule has 0 unspecified atom stereocenters. The van der Waals surface area contributed by atoms with Gasteiger partial charge in [-0.2, -0.15) is 0 Å². The van der Waals surface area contributed by atoms with Crippen LogP contribution in [0.3, 0.4) is 0 Å². The molecule has 2 fully saturated rings. The second kappa shape index (κ2) is 9.01. The molecule has 0 atom stereocenters. The average molecular weight is 331 g/mol. The Balaban J connectivity index is 1.43. The van der Waals surface area contributed by atoms with E-state index in [0.717, 1.165) is 37.0 Å². The number of unbranched alkanes of at least 4 members (excludes halogenated alkanes) is 1. The van der Waals surface area contributed by atoms with Gasteiger partial charge >= 0.3 is 0 Å². The van der Waals surface area contributed by atoms with Crippen LogP contribution in [-0.4, -0.2) is 13.2 Å². The standard InChI is InChI=1S/C22H34O2/c1-3-5-6-18-9-11-19(12-10-18)21-15-23-22(24-16-21)20-13-7-17(4-2)8-14-20/h7-8,13-14,18-19,21-22H,3-6,9-12,15-16H2,1-2H3. The fourth-order valence-electron chi connectivity index (χ4n) is 4.33. The first kappa shape index (κ1) is 17.9. The summed E-state index contributed by atoms with van der Waals surface area (Å²) in [6.45, 7) is 6.22. The van der Waals surface area contributed by atoms with Gasteiger partial charge in [-0.1, -0.05) is 70.2 Å². The predicted molar refractivity (Wildman–Crippen MR) is 98.9 cm³/mol. The summed E-state index contributed by atoms with van der Waals surface area (Å²) in [6.07, 6.45) is 10.7. The monoisotopic (exact) mass is 330 g/mol. The average Bonchev–Trinajstić information content (AvgIpc) is 2.67. The predicted octanol–water partition coefficient (Wildman–Crippen LogP) is 5.91. The van der Waals surface area contributed by atoms with Gasteiger partial charge in [0.05, 0.1) is 13.2 Å². The van der Waals surface area contributed by atoms with Gasteiger partial charge in [-0.05, 0) is 36.7 Å². The molecule has 1 heterocycles. The number of rotatable bonds is 6. The zero-order valence-corrected chi connectivity index (χ0v) is 15.5. The van der Waals surface area contributed by atoms with Crippen molar-refractivity contribution in [1.82, 2.24) is 0 Å². The van der Waals surface area contributed by atoms with Crippen LogP contribution in [0.5, 0.6) is 0 Å². The Hall–Kier alpha value is -0.860. The summed E-state index contributed by atoms with van der Waals surface area (Å²) >= 11 is 0. The first-order valence-corrected chi connectivity index (χ1v) is 10.1. The number of ether oxygens (including phenoxy) is 2. The van der Waals surface area contributed by atoms with Crippen molar-refractivity contribution in [1.29, 1.82) is 0 Å². The molecule has 1 saturated heterocycles. The van der Waals surface area contributed by atoms with Crippen LogP contribution in [-0.2, 0) is 15.9 Å². The lowest BCUT2D eigenvalue weighted by Crippen LogP contribution is -2.34. The molecule has 1 aliphatic heterocycles. The van der Waals surface area contributed by atoms with Crippen LogP contribution in [0.25, 0.3) is 0 Å². The molecule has 0 radical (unpaired) electrons. The van der Waals surface area contributed by atoms with Crippen molar-refractivity contribution in [3.05, 3.63) is 35.4 Å². The molecule has 0 aromatic heterocycles. The smallest absolute Gasteiger partial charge is 0.183 e. The topological polar surface area (TPSA) is 18.5 Å². The van der Waals surface area contributed by atoms with Crippen LogP contribution < -0.4 is 0 Å². The minimum absolute atomic E-state index is 0.159. The Morgan fingerprint density at radius 2 is 1.54 bits per heavy atom. The normalized spacial score (nSPS) is 31.1. The molecular weight excluding hydrogens is 296 g/mol. The van der Waals surface area contributed by atoms with E-state index in [4.69, 9.17) is 9.47 Å². The van der Waals surface area contributed by atoms with Crippen molar-refractivity contribution >= 4 is 0 Å². The lowest BCUT2D eigenvalue weighted by Gasteiger charge is -2.38. The second-order valence-electron chi connectivity index (χ2n) is 7.78. The third kappa shape index (κ3) is 4.61. The van der Waals surface area contributed by atoms with E-state index in [1.807, 2.05) is 0 Å². The van der Waals surface area contributed by atoms with Crippen LogP contribution in [0.4, 0.5) is 0 Å². The summed E-state index contributed by atoms with van der Waals surface area (Å²) in [5.74, 6) is 2.39. The van der Waals surface area contributed by atoms with E-state index in [0.29, 0.717) is 5.92 Å². The van der Waals surface area contributed by atoms with Gasteiger partial charge in [-0.25, -0.2) is 0 Å². The van der Waals surface area contributed by atoms with E-state index in [1.165, 1.54) is 50.5 Å². The highest BCUT2D eigenvalue weighted by molar-refractivity contribution is 5.23. The molecule has 2 heteroatoms. The van der Waals surface area contributed by atoms with Crippen molar-refractivity contribution in [3.63, 3.8) is 0 Å². The highest BCUT2D eigenvalue weighted by Crippen LogP contribution is 2.38. The fraction of sp³-hybridized carbons (Fsp3) is 0.727. The number of benzene rings is 1. The van der Waals surface area contributed by atoms with Crippen LogP contribution in [0.1, 0.15) is 76.2 Å². The van der Waals surface area contributed by atoms with Crippen molar-refractivity contribution in [3.8, 4) is 0 Å². The Labute approximate surface area is 147 Å². The van der Waals surface area contributed by atoms with Gasteiger partial charge in [0.1, 0.15) is 0 Å². The Morgan fingerprint density at radius 1 is 0.875 bits per heavy atom. The Kier molecular flexibility index (Phi) is 6.74. The molecule has 0 bridgehead atoms. The van der Waals surface area contributed by atoms with Gasteiger partial charge in [0.25, 0.3) is 0 Å². The molecule has 1 aromatic rings. The van der Waals surface area contributed by atoms with Gasteiger partial charge in [0, 0.05) is 11.5 Å². The molecular formula is C22H34O2. The van der Waals surface area contributed by atoms with E-state index < -0.39 is 0 Å². The van der Waals surface area contributed by atoms with Crippen LogP contribution in [0, 0.1) is 17.8 Å². The summed E-state index contributed by atoms with van der Waals surface area (Å²) in [6, 6.07) is 8.68. The molecule has 134 valence electrons. The largest absolute Gasteiger partial charge is 0.348 e. The van der Waals surface area contributed by atoms with Crippen molar-refractivity contribution in [2.45, 2.75) is 71.5 Å². The van der Waals surface area contributed by atoms with Gasteiger partial charge in [-0.15, -0.1) is 0 Å². The summed E-state index contributed by atoms with van der Waals surface area (Å²) in [4.78, 5) is 0. The molecule has 1 aromatic carbocycles. The molecule has 2 nitrogen and oxygen atoms in total. The minimum atomic E-state index is -0.159. The second-order valence-corrected chi connectivity index (χ2v) is 7.78. The molecule has 1 saturated carbocycles. The van der Waals surface area contributed by atoms with Gasteiger partial charge in [0.2, 0.25) is 0 Å².